The molecule has 61 heavy (non-hydrogen) atoms. The number of hydrogen-bond donors (Lipinski definition) is 2. The first-order valence-electron chi connectivity index (χ1n) is 22.1. The molecule has 0 saturated heterocycles. The molecule has 2 N–H and O–H groups in total. The van der Waals surface area contributed by atoms with Gasteiger partial charge in [0.25, 0.3) is 0 Å². The van der Waals surface area contributed by atoms with E-state index in [0.29, 0.717) is 73.5 Å². The van der Waals surface area contributed by atoms with Crippen molar-refractivity contribution in [3.63, 3.8) is 0 Å². The van der Waals surface area contributed by atoms with Crippen molar-refractivity contribution in [1.82, 2.24) is 19.9 Å². The van der Waals surface area contributed by atoms with Crippen molar-refractivity contribution >= 4 is 33.7 Å². The van der Waals surface area contributed by atoms with E-state index in [1.54, 1.807) is 19.1 Å². The number of hydrogen-bond acceptors (Lipinski definition) is 8. The molecule has 8 rings (SSSR count). The van der Waals surface area contributed by atoms with Crippen LogP contribution in [-0.4, -0.2) is 45.1 Å². The molecule has 2 aliphatic carbocycles. The maximum Gasteiger partial charge on any atom is 0.306 e. The van der Waals surface area contributed by atoms with Crippen molar-refractivity contribution in [1.29, 1.82) is 0 Å². The minimum absolute atomic E-state index is 0. The molecule has 0 radical (unpaired) electrons. The highest BCUT2D eigenvalue weighted by Crippen LogP contribution is 2.36. The van der Waals surface area contributed by atoms with E-state index in [4.69, 9.17) is 28.9 Å². The van der Waals surface area contributed by atoms with Gasteiger partial charge in [-0.05, 0) is 126 Å². The SMILES string of the molecule is CCOC(=O)CCc1[nH]c2ccc(OCc3cnc(C4CCCC4)c(C)c3)cc2c1F.CCOC(=O)CCc1cc2cc(OCc3cnc(C4CCCC4)c(C)c3)ccc2[nH]1.[HH].[HH]. The number of rotatable bonds is 16. The van der Waals surface area contributed by atoms with Crippen LogP contribution in [0.25, 0.3) is 21.8 Å². The molecule has 4 aromatic heterocycles. The first-order valence-corrected chi connectivity index (χ1v) is 22.1. The number of nitrogens with one attached hydrogen (secondary N) is 2. The van der Waals surface area contributed by atoms with E-state index in [-0.39, 0.29) is 33.5 Å². The van der Waals surface area contributed by atoms with E-state index in [1.807, 2.05) is 43.6 Å². The Bertz CT molecular complexity index is 2440. The van der Waals surface area contributed by atoms with Crippen LogP contribution in [0.4, 0.5) is 4.39 Å². The number of fused-ring (bicyclic) bond motifs is 2. The van der Waals surface area contributed by atoms with Crippen molar-refractivity contribution in [2.75, 3.05) is 13.2 Å². The fraction of sp³-hybridized carbons (Fsp3) is 0.440. The van der Waals surface area contributed by atoms with Gasteiger partial charge in [-0.2, -0.15) is 0 Å². The second-order valence-corrected chi connectivity index (χ2v) is 16.4. The van der Waals surface area contributed by atoms with Gasteiger partial charge in [0.2, 0.25) is 0 Å². The van der Waals surface area contributed by atoms with E-state index < -0.39 is 0 Å². The molecule has 4 heterocycles. The summed E-state index contributed by atoms with van der Waals surface area (Å²) in [4.78, 5) is 39.0. The Morgan fingerprint density at radius 1 is 0.689 bits per heavy atom. The number of H-pyrrole nitrogens is 2. The van der Waals surface area contributed by atoms with Crippen molar-refractivity contribution in [2.45, 2.75) is 130 Å². The van der Waals surface area contributed by atoms with Crippen LogP contribution in [0.2, 0.25) is 0 Å². The summed E-state index contributed by atoms with van der Waals surface area (Å²) < 4.78 is 36.7. The van der Waals surface area contributed by atoms with Gasteiger partial charge >= 0.3 is 11.9 Å². The number of pyridine rings is 2. The predicted octanol–water partition coefficient (Wildman–Crippen LogP) is 11.8. The number of benzene rings is 2. The van der Waals surface area contributed by atoms with Crippen LogP contribution < -0.4 is 9.47 Å². The summed E-state index contributed by atoms with van der Waals surface area (Å²) >= 11 is 0. The van der Waals surface area contributed by atoms with Crippen LogP contribution >= 0.6 is 0 Å². The maximum atomic E-state index is 14.8. The molecule has 0 spiro atoms. The number of carbonyl (C=O) groups excluding carboxylic acids is 2. The Labute approximate surface area is 360 Å². The number of nitrogens with zero attached hydrogens (tertiary/aromatic N) is 2. The Morgan fingerprint density at radius 2 is 1.21 bits per heavy atom. The monoisotopic (exact) mass is 834 g/mol. The Hall–Kier alpha value is -5.71. The molecule has 2 saturated carbocycles. The van der Waals surface area contributed by atoms with Gasteiger partial charge in [-0.3, -0.25) is 19.6 Å². The van der Waals surface area contributed by atoms with Crippen LogP contribution in [0.3, 0.4) is 0 Å². The summed E-state index contributed by atoms with van der Waals surface area (Å²) in [6.07, 6.45) is 15.5. The number of ether oxygens (including phenoxy) is 4. The van der Waals surface area contributed by atoms with Gasteiger partial charge in [-0.15, -0.1) is 0 Å². The highest BCUT2D eigenvalue weighted by atomic mass is 19.1. The molecule has 2 aliphatic rings. The number of aromatic nitrogens is 4. The zero-order valence-electron chi connectivity index (χ0n) is 36.0. The van der Waals surface area contributed by atoms with Gasteiger partial charge in [-0.1, -0.05) is 25.7 Å². The van der Waals surface area contributed by atoms with Gasteiger partial charge in [0, 0.05) is 83.5 Å². The topological polar surface area (TPSA) is 128 Å². The number of aromatic amines is 2. The lowest BCUT2D eigenvalue weighted by Gasteiger charge is -2.13. The third-order valence-electron chi connectivity index (χ3n) is 11.9. The summed E-state index contributed by atoms with van der Waals surface area (Å²) in [5, 5.41) is 1.54. The van der Waals surface area contributed by atoms with E-state index in [1.165, 1.54) is 73.9 Å². The normalized spacial score (nSPS) is 14.3. The van der Waals surface area contributed by atoms with Crippen molar-refractivity contribution in [3.05, 3.63) is 118 Å². The van der Waals surface area contributed by atoms with Crippen LogP contribution in [-0.2, 0) is 45.1 Å². The van der Waals surface area contributed by atoms with Gasteiger partial charge in [-0.25, -0.2) is 4.39 Å². The molecule has 11 heteroatoms. The smallest absolute Gasteiger partial charge is 0.306 e. The van der Waals surface area contributed by atoms with E-state index in [0.717, 1.165) is 33.5 Å². The molecule has 6 aromatic rings. The molecule has 326 valence electrons. The van der Waals surface area contributed by atoms with Crippen molar-refractivity contribution in [2.24, 2.45) is 0 Å². The minimum Gasteiger partial charge on any atom is -0.489 e. The third-order valence-corrected chi connectivity index (χ3v) is 11.9. The molecule has 10 nitrogen and oxygen atoms in total. The second kappa shape index (κ2) is 20.7. The lowest BCUT2D eigenvalue weighted by atomic mass is 9.98. The molecule has 0 aliphatic heterocycles. The van der Waals surface area contributed by atoms with Crippen LogP contribution in [0.5, 0.6) is 11.5 Å². The highest BCUT2D eigenvalue weighted by molar-refractivity contribution is 5.83. The molecule has 0 unspecified atom stereocenters. The largest absolute Gasteiger partial charge is 0.489 e. The zero-order chi connectivity index (χ0) is 42.7. The number of halogens is 1. The lowest BCUT2D eigenvalue weighted by molar-refractivity contribution is -0.144. The predicted molar refractivity (Wildman–Crippen MR) is 240 cm³/mol. The zero-order valence-corrected chi connectivity index (χ0v) is 36.0. The lowest BCUT2D eigenvalue weighted by Crippen LogP contribution is -2.05. The van der Waals surface area contributed by atoms with Crippen LogP contribution in [0.15, 0.2) is 67.0 Å². The third kappa shape index (κ3) is 11.4. The average molecular weight is 835 g/mol. The Balaban J connectivity index is 0.000000230. The Kier molecular flexibility index (Phi) is 14.7. The average Bonchev–Trinajstić information content (AvgIpc) is 4.10. The quantitative estimate of drug-likeness (QED) is 0.0922. The van der Waals surface area contributed by atoms with Gasteiger partial charge in [0.05, 0.1) is 31.7 Å². The van der Waals surface area contributed by atoms with E-state index in [2.05, 4.69) is 42.0 Å². The summed E-state index contributed by atoms with van der Waals surface area (Å²) in [5.41, 5.74) is 10.2. The molecular formula is C50H63FN4O6. The second-order valence-electron chi connectivity index (χ2n) is 16.4. The molecule has 0 bridgehead atoms. The molecule has 2 fully saturated rings. The number of aryl methyl sites for hydroxylation is 4. The first kappa shape index (κ1) is 43.4. The maximum absolute atomic E-state index is 14.8. The van der Waals surface area contributed by atoms with E-state index >= 15 is 0 Å². The van der Waals surface area contributed by atoms with E-state index in [9.17, 15) is 14.0 Å². The number of esters is 2. The molecule has 2 aromatic carbocycles. The van der Waals surface area contributed by atoms with Gasteiger partial charge in [0.15, 0.2) is 5.82 Å². The van der Waals surface area contributed by atoms with Crippen molar-refractivity contribution in [3.8, 4) is 11.5 Å². The molecular weight excluding hydrogens is 772 g/mol. The fourth-order valence-electron chi connectivity index (χ4n) is 8.81. The molecule has 0 atom stereocenters. The fourth-order valence-corrected chi connectivity index (χ4v) is 8.81. The van der Waals surface area contributed by atoms with Gasteiger partial charge < -0.3 is 28.9 Å². The Morgan fingerprint density at radius 3 is 1.75 bits per heavy atom. The summed E-state index contributed by atoms with van der Waals surface area (Å²) in [6, 6.07) is 17.8. The summed E-state index contributed by atoms with van der Waals surface area (Å²) in [6.45, 7) is 9.49. The summed E-state index contributed by atoms with van der Waals surface area (Å²) in [5.74, 6) is 1.82. The summed E-state index contributed by atoms with van der Waals surface area (Å²) in [7, 11) is 0. The standard InChI is InChI=1S/C25H29FN2O3.C25H30N2O3.2H2/c1-3-30-23(29)11-10-22-24(26)20-13-19(8-9-21(20)28-22)31-15-17-12-16(2)25(27-14-17)18-6-4-5-7-18;1-3-29-24(28)11-8-21-13-20-14-22(9-10-23(20)27-21)30-16-18-12-17(2)25(26-15-18)19-6-4-5-7-19;;/h8-9,12-14,18,28H,3-7,10-11,15H2,1-2H3;9-10,12-15,19,27H,3-8,11,16H2,1-2H3;2*1H. The first-order chi connectivity index (χ1) is 29.7. The highest BCUT2D eigenvalue weighted by Gasteiger charge is 2.22. The van der Waals surface area contributed by atoms with Crippen molar-refractivity contribution < 1.29 is 35.8 Å². The van der Waals surface area contributed by atoms with Crippen LogP contribution in [0.1, 0.15) is 138 Å². The van der Waals surface area contributed by atoms with Crippen LogP contribution in [0, 0.1) is 19.7 Å². The minimum atomic E-state index is -0.344. The number of carbonyl (C=O) groups is 2. The molecule has 0 amide bonds. The van der Waals surface area contributed by atoms with Gasteiger partial charge in [0.1, 0.15) is 24.7 Å².